The van der Waals surface area contributed by atoms with Gasteiger partial charge in [-0.2, -0.15) is 0 Å². The van der Waals surface area contributed by atoms with Crippen molar-refractivity contribution in [2.45, 2.75) is 39.7 Å². The third kappa shape index (κ3) is 6.67. The summed E-state index contributed by atoms with van der Waals surface area (Å²) < 4.78 is 5.54. The summed E-state index contributed by atoms with van der Waals surface area (Å²) in [6, 6.07) is 6.98. The molecule has 1 heterocycles. The minimum atomic E-state index is -0.196. The lowest BCUT2D eigenvalue weighted by Crippen LogP contribution is -2.45. The van der Waals surface area contributed by atoms with Crippen molar-refractivity contribution >= 4 is 41.8 Å². The number of methoxy groups -OCH3 is 1. The van der Waals surface area contributed by atoms with Gasteiger partial charge in [0.25, 0.3) is 11.8 Å². The fraction of sp³-hybridized carbons (Fsp3) is 0.571. The van der Waals surface area contributed by atoms with Gasteiger partial charge in [0.2, 0.25) is 0 Å². The van der Waals surface area contributed by atoms with Gasteiger partial charge in [-0.1, -0.05) is 32.9 Å². The summed E-state index contributed by atoms with van der Waals surface area (Å²) in [4.78, 5) is 30.2. The molecule has 2 rings (SSSR count). The normalized spacial score (nSPS) is 15.1. The first-order chi connectivity index (χ1) is 13.3. The van der Waals surface area contributed by atoms with E-state index < -0.39 is 0 Å². The van der Waals surface area contributed by atoms with E-state index in [1.807, 2.05) is 0 Å². The maximum Gasteiger partial charge on any atom is 0.261 e. The number of unbranched alkanes of at least 4 members (excludes halogenated alkanes) is 1. The number of amides is 2. The van der Waals surface area contributed by atoms with Crippen molar-refractivity contribution < 1.29 is 14.3 Å². The molecule has 0 bridgehead atoms. The number of nitrogens with zero attached hydrogens (tertiary/aromatic N) is 2. The monoisotopic (exact) mass is 516 g/mol. The topological polar surface area (TPSA) is 83.0 Å². The maximum atomic E-state index is 12.3. The Hall–Kier alpha value is -1.68. The quantitative estimate of drug-likeness (QED) is 0.183. The van der Waals surface area contributed by atoms with Crippen LogP contribution in [0.15, 0.2) is 29.3 Å². The second kappa shape index (κ2) is 11.5. The minimum absolute atomic E-state index is 0. The number of nitrogens with one attached hydrogen (secondary N) is 2. The Balaban J connectivity index is 0.00000420. The number of aliphatic imine (C=N–C) groups is 1. The van der Waals surface area contributed by atoms with Crippen molar-refractivity contribution in [3.05, 3.63) is 35.4 Å². The van der Waals surface area contributed by atoms with Crippen LogP contribution in [-0.2, 0) is 4.74 Å². The van der Waals surface area contributed by atoms with Gasteiger partial charge in [-0.25, -0.2) is 0 Å². The van der Waals surface area contributed by atoms with Crippen LogP contribution in [0.5, 0.6) is 0 Å². The molecule has 1 unspecified atom stereocenters. The van der Waals surface area contributed by atoms with Gasteiger partial charge in [0.1, 0.15) is 0 Å². The molecule has 1 aliphatic heterocycles. The van der Waals surface area contributed by atoms with E-state index in [-0.39, 0.29) is 47.3 Å². The predicted octanol–water partition coefficient (Wildman–Crippen LogP) is 2.91. The molecule has 1 aromatic rings. The van der Waals surface area contributed by atoms with E-state index in [0.29, 0.717) is 36.7 Å². The molecule has 1 aromatic carbocycles. The zero-order valence-corrected chi connectivity index (χ0v) is 20.3. The molecule has 0 fully saturated rings. The molecule has 0 aliphatic carbocycles. The zero-order valence-electron chi connectivity index (χ0n) is 17.9. The SMILES string of the molecule is CN=C(NCCCCN1C(=O)c2ccccc2C1=O)NCC(OC)C(C)(C)C.I. The second-order valence-corrected chi connectivity index (χ2v) is 7.98. The number of ether oxygens (including phenoxy) is 1. The maximum absolute atomic E-state index is 12.3. The van der Waals surface area contributed by atoms with Gasteiger partial charge in [-0.3, -0.25) is 19.5 Å². The Kier molecular flexibility index (Phi) is 10.0. The lowest BCUT2D eigenvalue weighted by atomic mass is 9.89. The minimum Gasteiger partial charge on any atom is -0.379 e. The molecule has 0 spiro atoms. The van der Waals surface area contributed by atoms with E-state index in [9.17, 15) is 9.59 Å². The first-order valence-electron chi connectivity index (χ1n) is 9.72. The van der Waals surface area contributed by atoms with E-state index >= 15 is 0 Å². The van der Waals surface area contributed by atoms with Crippen LogP contribution in [0.2, 0.25) is 0 Å². The van der Waals surface area contributed by atoms with E-state index in [0.717, 1.165) is 12.8 Å². The van der Waals surface area contributed by atoms with E-state index in [1.165, 1.54) is 4.90 Å². The van der Waals surface area contributed by atoms with Crippen LogP contribution in [0.25, 0.3) is 0 Å². The molecule has 8 heteroatoms. The molecular formula is C21H33IN4O3. The van der Waals surface area contributed by atoms with Crippen LogP contribution in [0, 0.1) is 5.41 Å². The van der Waals surface area contributed by atoms with Crippen LogP contribution in [0.1, 0.15) is 54.3 Å². The van der Waals surface area contributed by atoms with Gasteiger partial charge in [0, 0.05) is 33.8 Å². The highest BCUT2D eigenvalue weighted by molar-refractivity contribution is 14.0. The van der Waals surface area contributed by atoms with Crippen LogP contribution < -0.4 is 10.6 Å². The fourth-order valence-electron chi connectivity index (χ4n) is 3.20. The molecule has 2 N–H and O–H groups in total. The standard InChI is InChI=1S/C21H32N4O3.HI/c1-21(2,3)17(28-5)14-24-20(22-4)23-12-8-9-13-25-18(26)15-10-6-7-11-16(15)19(25)27;/h6-7,10-11,17H,8-9,12-14H2,1-5H3,(H2,22,23,24);1H. The molecule has 0 aromatic heterocycles. The fourth-order valence-corrected chi connectivity index (χ4v) is 3.20. The van der Waals surface area contributed by atoms with Crippen molar-refractivity contribution in [1.29, 1.82) is 0 Å². The van der Waals surface area contributed by atoms with Crippen LogP contribution in [0.4, 0.5) is 0 Å². The Morgan fingerprint density at radius 2 is 1.69 bits per heavy atom. The smallest absolute Gasteiger partial charge is 0.261 e. The summed E-state index contributed by atoms with van der Waals surface area (Å²) in [5.41, 5.74) is 1.04. The van der Waals surface area contributed by atoms with E-state index in [2.05, 4.69) is 36.4 Å². The first-order valence-corrected chi connectivity index (χ1v) is 9.72. The summed E-state index contributed by atoms with van der Waals surface area (Å²) in [5, 5.41) is 6.54. The van der Waals surface area contributed by atoms with Gasteiger partial charge in [0.05, 0.1) is 17.2 Å². The number of fused-ring (bicyclic) bond motifs is 1. The highest BCUT2D eigenvalue weighted by atomic mass is 127. The molecule has 1 aliphatic rings. The first kappa shape index (κ1) is 25.4. The van der Waals surface area contributed by atoms with Gasteiger partial charge < -0.3 is 15.4 Å². The molecule has 7 nitrogen and oxygen atoms in total. The molecule has 162 valence electrons. The number of hydrogen-bond acceptors (Lipinski definition) is 4. The van der Waals surface area contributed by atoms with Crippen molar-refractivity contribution in [2.75, 3.05) is 33.8 Å². The van der Waals surface area contributed by atoms with Crippen molar-refractivity contribution in [3.8, 4) is 0 Å². The predicted molar refractivity (Wildman–Crippen MR) is 126 cm³/mol. The summed E-state index contributed by atoms with van der Waals surface area (Å²) in [6.07, 6.45) is 1.62. The zero-order chi connectivity index (χ0) is 20.7. The summed E-state index contributed by atoms with van der Waals surface area (Å²) in [6.45, 7) is 8.20. The highest BCUT2D eigenvalue weighted by Gasteiger charge is 2.34. The summed E-state index contributed by atoms with van der Waals surface area (Å²) >= 11 is 0. The average Bonchev–Trinajstić information content (AvgIpc) is 2.90. The van der Waals surface area contributed by atoms with E-state index in [1.54, 1.807) is 38.4 Å². The number of carbonyl (C=O) groups is 2. The molecule has 2 amide bonds. The molecule has 0 saturated carbocycles. The van der Waals surface area contributed by atoms with Gasteiger partial charge in [-0.05, 0) is 30.4 Å². The van der Waals surface area contributed by atoms with Crippen LogP contribution in [0.3, 0.4) is 0 Å². The molecule has 29 heavy (non-hydrogen) atoms. The number of hydrogen-bond donors (Lipinski definition) is 2. The Morgan fingerprint density at radius 3 is 2.17 bits per heavy atom. The summed E-state index contributed by atoms with van der Waals surface area (Å²) in [5.74, 6) is 0.324. The molecule has 0 radical (unpaired) electrons. The number of rotatable bonds is 8. The van der Waals surface area contributed by atoms with Crippen LogP contribution >= 0.6 is 24.0 Å². The van der Waals surface area contributed by atoms with Crippen LogP contribution in [-0.4, -0.2) is 62.6 Å². The second-order valence-electron chi connectivity index (χ2n) is 7.98. The number of benzene rings is 1. The van der Waals surface area contributed by atoms with Gasteiger partial charge >= 0.3 is 0 Å². The number of imide groups is 1. The van der Waals surface area contributed by atoms with Crippen molar-refractivity contribution in [3.63, 3.8) is 0 Å². The summed E-state index contributed by atoms with van der Waals surface area (Å²) in [7, 11) is 3.44. The van der Waals surface area contributed by atoms with Crippen molar-refractivity contribution in [2.24, 2.45) is 10.4 Å². The molecule has 1 atom stereocenters. The Labute approximate surface area is 190 Å². The highest BCUT2D eigenvalue weighted by Crippen LogP contribution is 2.22. The molecule has 0 saturated heterocycles. The number of guanidine groups is 1. The van der Waals surface area contributed by atoms with Gasteiger partial charge in [-0.15, -0.1) is 24.0 Å². The third-order valence-corrected chi connectivity index (χ3v) is 4.91. The lowest BCUT2D eigenvalue weighted by molar-refractivity contribution is 0.0205. The molecular weight excluding hydrogens is 483 g/mol. The number of carbonyl (C=O) groups excluding carboxylic acids is 2. The number of halogens is 1. The third-order valence-electron chi connectivity index (χ3n) is 4.91. The lowest BCUT2D eigenvalue weighted by Gasteiger charge is -2.30. The average molecular weight is 516 g/mol. The van der Waals surface area contributed by atoms with Crippen molar-refractivity contribution in [1.82, 2.24) is 15.5 Å². The van der Waals surface area contributed by atoms with E-state index in [4.69, 9.17) is 4.74 Å². The Morgan fingerprint density at radius 1 is 1.10 bits per heavy atom. The largest absolute Gasteiger partial charge is 0.379 e. The van der Waals surface area contributed by atoms with Gasteiger partial charge in [0.15, 0.2) is 5.96 Å². The Bertz CT molecular complexity index is 696.